The monoisotopic (exact) mass is 366 g/mol. The Morgan fingerprint density at radius 1 is 1.04 bits per heavy atom. The lowest BCUT2D eigenvalue weighted by molar-refractivity contribution is 0.0617. The molecule has 1 N–H and O–H groups in total. The number of benzene rings is 2. The van der Waals surface area contributed by atoms with Gasteiger partial charge in [-0.15, -0.1) is 0 Å². The van der Waals surface area contributed by atoms with Crippen LogP contribution in [0, 0.1) is 0 Å². The summed E-state index contributed by atoms with van der Waals surface area (Å²) in [7, 11) is 1.69. The molecule has 0 aliphatic carbocycles. The lowest BCUT2D eigenvalue weighted by Gasteiger charge is -2.29. The summed E-state index contributed by atoms with van der Waals surface area (Å²) < 4.78 is 16.4. The van der Waals surface area contributed by atoms with Gasteiger partial charge in [-0.1, -0.05) is 30.3 Å². The van der Waals surface area contributed by atoms with Crippen LogP contribution in [0.15, 0.2) is 48.5 Å². The largest absolute Gasteiger partial charge is 0.382 e. The van der Waals surface area contributed by atoms with E-state index in [1.807, 2.05) is 6.07 Å². The van der Waals surface area contributed by atoms with Crippen molar-refractivity contribution >= 4 is 16.6 Å². The molecule has 1 aliphatic heterocycles. The topological polar surface area (TPSA) is 46.7 Å². The lowest BCUT2D eigenvalue weighted by atomic mass is 10.1. The summed E-state index contributed by atoms with van der Waals surface area (Å²) in [5.74, 6) is 0. The molecule has 1 aliphatic rings. The van der Waals surface area contributed by atoms with Crippen LogP contribution in [-0.4, -0.2) is 51.6 Å². The summed E-state index contributed by atoms with van der Waals surface area (Å²) in [5.41, 5.74) is 5.91. The molecule has 2 aromatic carbocycles. The quantitative estimate of drug-likeness (QED) is 0.646. The van der Waals surface area contributed by atoms with Crippen molar-refractivity contribution in [1.82, 2.24) is 4.98 Å². The van der Waals surface area contributed by atoms with Crippen LogP contribution in [0.25, 0.3) is 22.2 Å². The molecule has 27 heavy (non-hydrogen) atoms. The third kappa shape index (κ3) is 4.16. The van der Waals surface area contributed by atoms with Gasteiger partial charge in [0.15, 0.2) is 0 Å². The molecule has 3 aromatic rings. The van der Waals surface area contributed by atoms with Crippen molar-refractivity contribution in [2.75, 3.05) is 51.5 Å². The second-order valence-corrected chi connectivity index (χ2v) is 6.77. The van der Waals surface area contributed by atoms with Gasteiger partial charge in [0.1, 0.15) is 0 Å². The molecule has 2 heterocycles. The number of anilines is 1. The minimum absolute atomic E-state index is 0.586. The van der Waals surface area contributed by atoms with Crippen molar-refractivity contribution in [2.45, 2.75) is 6.61 Å². The van der Waals surface area contributed by atoms with Crippen LogP contribution in [-0.2, 0) is 20.8 Å². The van der Waals surface area contributed by atoms with Gasteiger partial charge in [0.2, 0.25) is 0 Å². The first kappa shape index (κ1) is 18.0. The van der Waals surface area contributed by atoms with Crippen LogP contribution < -0.4 is 4.90 Å². The standard InChI is InChI=1S/C22H26N2O3/c1-25-11-12-27-16-17-13-19-15-20(18-5-3-2-4-6-18)23-22(19)21(14-17)24-7-9-26-10-8-24/h2-6,13-15,23H,7-12,16H2,1H3. The fourth-order valence-electron chi connectivity index (χ4n) is 3.53. The summed E-state index contributed by atoms with van der Waals surface area (Å²) in [6.45, 7) is 5.14. The van der Waals surface area contributed by atoms with Crippen LogP contribution in [0.2, 0.25) is 0 Å². The van der Waals surface area contributed by atoms with E-state index in [1.54, 1.807) is 7.11 Å². The molecule has 4 rings (SSSR count). The van der Waals surface area contributed by atoms with Crippen LogP contribution in [0.1, 0.15) is 5.56 Å². The summed E-state index contributed by atoms with van der Waals surface area (Å²) >= 11 is 0. The normalized spacial score (nSPS) is 14.8. The Morgan fingerprint density at radius 3 is 2.63 bits per heavy atom. The van der Waals surface area contributed by atoms with Crippen molar-refractivity contribution in [1.29, 1.82) is 0 Å². The number of hydrogen-bond donors (Lipinski definition) is 1. The molecule has 5 nitrogen and oxygen atoms in total. The van der Waals surface area contributed by atoms with E-state index >= 15 is 0 Å². The number of nitrogens with one attached hydrogen (secondary N) is 1. The summed E-state index contributed by atoms with van der Waals surface area (Å²) in [4.78, 5) is 6.04. The Kier molecular flexibility index (Phi) is 5.72. The summed E-state index contributed by atoms with van der Waals surface area (Å²) in [6, 6.07) is 17.1. The minimum atomic E-state index is 0.586. The molecule has 5 heteroatoms. The number of aromatic amines is 1. The van der Waals surface area contributed by atoms with E-state index in [2.05, 4.69) is 52.3 Å². The number of morpholine rings is 1. The van der Waals surface area contributed by atoms with Crippen LogP contribution in [0.4, 0.5) is 5.69 Å². The van der Waals surface area contributed by atoms with E-state index < -0.39 is 0 Å². The van der Waals surface area contributed by atoms with Crippen molar-refractivity contribution < 1.29 is 14.2 Å². The Balaban J connectivity index is 1.70. The molecule has 0 unspecified atom stereocenters. The predicted molar refractivity (Wildman–Crippen MR) is 108 cm³/mol. The molecular formula is C22H26N2O3. The number of H-pyrrole nitrogens is 1. The highest BCUT2D eigenvalue weighted by molar-refractivity contribution is 5.96. The van der Waals surface area contributed by atoms with Gasteiger partial charge in [0.05, 0.1) is 44.2 Å². The Bertz CT molecular complexity index is 870. The number of fused-ring (bicyclic) bond motifs is 1. The van der Waals surface area contributed by atoms with Gasteiger partial charge in [0.25, 0.3) is 0 Å². The Hall–Kier alpha value is -2.34. The first-order valence-electron chi connectivity index (χ1n) is 9.45. The van der Waals surface area contributed by atoms with Crippen molar-refractivity contribution in [3.8, 4) is 11.3 Å². The molecule has 0 bridgehead atoms. The zero-order valence-electron chi connectivity index (χ0n) is 15.7. The lowest BCUT2D eigenvalue weighted by Crippen LogP contribution is -2.36. The Morgan fingerprint density at radius 2 is 1.85 bits per heavy atom. The maximum atomic E-state index is 5.76. The van der Waals surface area contributed by atoms with Gasteiger partial charge in [0, 0.05) is 31.3 Å². The SMILES string of the molecule is COCCOCc1cc(N2CCOCC2)c2[nH]c(-c3ccccc3)cc2c1. The van der Waals surface area contributed by atoms with Crippen LogP contribution in [0.3, 0.4) is 0 Å². The van der Waals surface area contributed by atoms with Crippen molar-refractivity contribution in [2.24, 2.45) is 0 Å². The smallest absolute Gasteiger partial charge is 0.0719 e. The average molecular weight is 366 g/mol. The van der Waals surface area contributed by atoms with E-state index in [9.17, 15) is 0 Å². The van der Waals surface area contributed by atoms with Gasteiger partial charge in [-0.05, 0) is 29.3 Å². The maximum Gasteiger partial charge on any atom is 0.0719 e. The van der Waals surface area contributed by atoms with E-state index in [-0.39, 0.29) is 0 Å². The number of hydrogen-bond acceptors (Lipinski definition) is 4. The maximum absolute atomic E-state index is 5.76. The van der Waals surface area contributed by atoms with Gasteiger partial charge in [-0.25, -0.2) is 0 Å². The molecule has 1 aromatic heterocycles. The summed E-state index contributed by atoms with van der Waals surface area (Å²) in [5, 5.41) is 1.21. The number of rotatable bonds is 7. The molecule has 0 amide bonds. The third-order valence-electron chi connectivity index (χ3n) is 4.90. The Labute approximate surface area is 159 Å². The van der Waals surface area contributed by atoms with E-state index in [0.717, 1.165) is 32.0 Å². The van der Waals surface area contributed by atoms with Crippen LogP contribution in [0.5, 0.6) is 0 Å². The van der Waals surface area contributed by atoms with Crippen LogP contribution >= 0.6 is 0 Å². The van der Waals surface area contributed by atoms with E-state index in [1.165, 1.54) is 27.7 Å². The molecule has 1 saturated heterocycles. The molecule has 0 saturated carbocycles. The molecule has 1 fully saturated rings. The predicted octanol–water partition coefficient (Wildman–Crippen LogP) is 3.83. The zero-order valence-corrected chi connectivity index (χ0v) is 15.7. The zero-order chi connectivity index (χ0) is 18.5. The van der Waals surface area contributed by atoms with Gasteiger partial charge >= 0.3 is 0 Å². The van der Waals surface area contributed by atoms with Gasteiger partial charge in [-0.3, -0.25) is 0 Å². The molecule has 0 atom stereocenters. The minimum Gasteiger partial charge on any atom is -0.382 e. The molecule has 0 spiro atoms. The molecule has 142 valence electrons. The van der Waals surface area contributed by atoms with Crippen molar-refractivity contribution in [3.05, 3.63) is 54.1 Å². The summed E-state index contributed by atoms with van der Waals surface area (Å²) in [6.07, 6.45) is 0. The van der Waals surface area contributed by atoms with Crippen molar-refractivity contribution in [3.63, 3.8) is 0 Å². The second kappa shape index (κ2) is 8.57. The first-order valence-corrected chi connectivity index (χ1v) is 9.45. The van der Waals surface area contributed by atoms with Gasteiger partial charge < -0.3 is 24.1 Å². The second-order valence-electron chi connectivity index (χ2n) is 6.77. The number of aromatic nitrogens is 1. The number of methoxy groups -OCH3 is 1. The van der Waals surface area contributed by atoms with Gasteiger partial charge in [-0.2, -0.15) is 0 Å². The number of ether oxygens (including phenoxy) is 3. The highest BCUT2D eigenvalue weighted by Crippen LogP contribution is 2.33. The fraction of sp³-hybridized carbons (Fsp3) is 0.364. The first-order chi connectivity index (χ1) is 13.3. The molecule has 0 radical (unpaired) electrons. The third-order valence-corrected chi connectivity index (χ3v) is 4.90. The van der Waals surface area contributed by atoms with E-state index in [4.69, 9.17) is 14.2 Å². The highest BCUT2D eigenvalue weighted by atomic mass is 16.5. The average Bonchev–Trinajstić information content (AvgIpc) is 3.16. The highest BCUT2D eigenvalue weighted by Gasteiger charge is 2.17. The number of nitrogens with zero attached hydrogens (tertiary/aromatic N) is 1. The van der Waals surface area contributed by atoms with E-state index in [0.29, 0.717) is 19.8 Å². The fourth-order valence-corrected chi connectivity index (χ4v) is 3.53. The molecular weight excluding hydrogens is 340 g/mol.